The van der Waals surface area contributed by atoms with Gasteiger partial charge in [0, 0.05) is 17.3 Å². The van der Waals surface area contributed by atoms with E-state index in [4.69, 9.17) is 0 Å². The SMILES string of the molecule is Cc1cccc(N=C2NC(=O)/C(=C/c3ccc4ncccc4c3)S2)n1. The molecule has 6 heteroatoms. The fraction of sp³-hybridized carbons (Fsp3) is 0.0526. The first-order chi connectivity index (χ1) is 12.2. The van der Waals surface area contributed by atoms with Gasteiger partial charge >= 0.3 is 0 Å². The van der Waals surface area contributed by atoms with Crippen LogP contribution in [0.2, 0.25) is 0 Å². The largest absolute Gasteiger partial charge is 0.300 e. The number of fused-ring (bicyclic) bond motifs is 1. The number of amidine groups is 1. The minimum Gasteiger partial charge on any atom is -0.300 e. The lowest BCUT2D eigenvalue weighted by Crippen LogP contribution is -2.19. The van der Waals surface area contributed by atoms with Crippen molar-refractivity contribution in [1.82, 2.24) is 15.3 Å². The average Bonchev–Trinajstić information content (AvgIpc) is 2.94. The van der Waals surface area contributed by atoms with Crippen molar-refractivity contribution in [2.45, 2.75) is 6.92 Å². The highest BCUT2D eigenvalue weighted by Crippen LogP contribution is 2.28. The summed E-state index contributed by atoms with van der Waals surface area (Å²) in [6.07, 6.45) is 3.63. The van der Waals surface area contributed by atoms with E-state index in [0.717, 1.165) is 22.2 Å². The first-order valence-corrected chi connectivity index (χ1v) is 8.57. The monoisotopic (exact) mass is 346 g/mol. The number of aromatic nitrogens is 2. The zero-order valence-corrected chi connectivity index (χ0v) is 14.2. The number of pyridine rings is 2. The molecular weight excluding hydrogens is 332 g/mol. The van der Waals surface area contributed by atoms with Crippen LogP contribution in [0.4, 0.5) is 5.82 Å². The number of aryl methyl sites for hydroxylation is 1. The predicted molar refractivity (Wildman–Crippen MR) is 102 cm³/mol. The highest BCUT2D eigenvalue weighted by Gasteiger charge is 2.23. The summed E-state index contributed by atoms with van der Waals surface area (Å²) in [6.45, 7) is 1.91. The molecule has 0 spiro atoms. The van der Waals surface area contributed by atoms with E-state index in [2.05, 4.69) is 20.3 Å². The summed E-state index contributed by atoms with van der Waals surface area (Å²) in [7, 11) is 0. The highest BCUT2D eigenvalue weighted by atomic mass is 32.2. The van der Waals surface area contributed by atoms with Gasteiger partial charge in [-0.3, -0.25) is 9.78 Å². The van der Waals surface area contributed by atoms with E-state index < -0.39 is 0 Å². The molecule has 5 nitrogen and oxygen atoms in total. The molecule has 0 bridgehead atoms. The van der Waals surface area contributed by atoms with Crippen molar-refractivity contribution in [2.24, 2.45) is 4.99 Å². The summed E-state index contributed by atoms with van der Waals surface area (Å²) in [5, 5.41) is 4.36. The number of thioether (sulfide) groups is 1. The summed E-state index contributed by atoms with van der Waals surface area (Å²) in [4.78, 5) is 25.8. The minimum absolute atomic E-state index is 0.150. The Balaban J connectivity index is 1.62. The van der Waals surface area contributed by atoms with Gasteiger partial charge in [-0.15, -0.1) is 0 Å². The Morgan fingerprint density at radius 3 is 2.96 bits per heavy atom. The Morgan fingerprint density at radius 2 is 2.08 bits per heavy atom. The van der Waals surface area contributed by atoms with E-state index in [-0.39, 0.29) is 5.91 Å². The van der Waals surface area contributed by atoms with Gasteiger partial charge in [0.25, 0.3) is 5.91 Å². The maximum atomic E-state index is 12.2. The number of aliphatic imine (C=N–C) groups is 1. The van der Waals surface area contributed by atoms with Crippen molar-refractivity contribution in [3.05, 3.63) is 70.9 Å². The summed E-state index contributed by atoms with van der Waals surface area (Å²) in [5.74, 6) is 0.434. The summed E-state index contributed by atoms with van der Waals surface area (Å²) >= 11 is 1.31. The lowest BCUT2D eigenvalue weighted by Gasteiger charge is -1.99. The van der Waals surface area contributed by atoms with Gasteiger partial charge in [0.15, 0.2) is 11.0 Å². The van der Waals surface area contributed by atoms with Crippen LogP contribution in [0.3, 0.4) is 0 Å². The molecule has 1 aromatic carbocycles. The van der Waals surface area contributed by atoms with Crippen molar-refractivity contribution in [3.63, 3.8) is 0 Å². The third-order valence-corrected chi connectivity index (χ3v) is 4.58. The lowest BCUT2D eigenvalue weighted by atomic mass is 10.1. The van der Waals surface area contributed by atoms with Gasteiger partial charge in [0.2, 0.25) is 0 Å². The van der Waals surface area contributed by atoms with Crippen LogP contribution >= 0.6 is 11.8 Å². The topological polar surface area (TPSA) is 67.2 Å². The van der Waals surface area contributed by atoms with E-state index in [1.54, 1.807) is 6.20 Å². The summed E-state index contributed by atoms with van der Waals surface area (Å²) in [6, 6.07) is 15.4. The van der Waals surface area contributed by atoms with Gasteiger partial charge in [-0.25, -0.2) is 9.98 Å². The van der Waals surface area contributed by atoms with E-state index in [9.17, 15) is 4.79 Å². The van der Waals surface area contributed by atoms with Gasteiger partial charge in [-0.2, -0.15) is 0 Å². The third kappa shape index (κ3) is 3.44. The Hall–Kier alpha value is -2.99. The molecule has 0 unspecified atom stereocenters. The molecule has 1 amide bonds. The third-order valence-electron chi connectivity index (χ3n) is 3.67. The van der Waals surface area contributed by atoms with Gasteiger partial charge in [-0.05, 0) is 60.7 Å². The Morgan fingerprint density at radius 1 is 1.16 bits per heavy atom. The van der Waals surface area contributed by atoms with Crippen LogP contribution in [0, 0.1) is 6.92 Å². The number of rotatable bonds is 2. The molecule has 3 heterocycles. The molecule has 122 valence electrons. The first-order valence-electron chi connectivity index (χ1n) is 7.75. The lowest BCUT2D eigenvalue weighted by molar-refractivity contribution is -0.115. The number of carbonyl (C=O) groups is 1. The fourth-order valence-electron chi connectivity index (χ4n) is 2.51. The Kier molecular flexibility index (Phi) is 4.03. The zero-order valence-electron chi connectivity index (χ0n) is 13.4. The normalized spacial score (nSPS) is 17.4. The quantitative estimate of drug-likeness (QED) is 0.716. The molecule has 0 atom stereocenters. The van der Waals surface area contributed by atoms with E-state index in [0.29, 0.717) is 15.9 Å². The smallest absolute Gasteiger partial charge is 0.264 e. The van der Waals surface area contributed by atoms with Crippen LogP contribution in [0.1, 0.15) is 11.3 Å². The maximum absolute atomic E-state index is 12.2. The van der Waals surface area contributed by atoms with Gasteiger partial charge in [-0.1, -0.05) is 18.2 Å². The molecule has 0 aliphatic carbocycles. The molecule has 0 saturated carbocycles. The van der Waals surface area contributed by atoms with E-state index >= 15 is 0 Å². The first kappa shape index (κ1) is 15.5. The Bertz CT molecular complexity index is 1040. The number of hydrogen-bond acceptors (Lipinski definition) is 5. The average molecular weight is 346 g/mol. The maximum Gasteiger partial charge on any atom is 0.264 e. The van der Waals surface area contributed by atoms with Crippen molar-refractivity contribution in [1.29, 1.82) is 0 Å². The molecular formula is C19H14N4OS. The number of hydrogen-bond donors (Lipinski definition) is 1. The molecule has 2 aromatic heterocycles. The van der Waals surface area contributed by atoms with E-state index in [1.807, 2.05) is 61.5 Å². The number of carbonyl (C=O) groups excluding carboxylic acids is 1. The van der Waals surface area contributed by atoms with Crippen molar-refractivity contribution in [2.75, 3.05) is 0 Å². The summed E-state index contributed by atoms with van der Waals surface area (Å²) in [5.41, 5.74) is 2.77. The fourth-order valence-corrected chi connectivity index (χ4v) is 3.34. The van der Waals surface area contributed by atoms with Crippen LogP contribution < -0.4 is 5.32 Å². The van der Waals surface area contributed by atoms with Crippen LogP contribution in [0.25, 0.3) is 17.0 Å². The Labute approximate surface area is 148 Å². The zero-order chi connectivity index (χ0) is 17.2. The number of nitrogens with one attached hydrogen (secondary N) is 1. The molecule has 25 heavy (non-hydrogen) atoms. The second-order valence-corrected chi connectivity index (χ2v) is 6.61. The molecule has 0 radical (unpaired) electrons. The van der Waals surface area contributed by atoms with Crippen LogP contribution in [-0.2, 0) is 4.79 Å². The molecule has 3 aromatic rings. The van der Waals surface area contributed by atoms with Crippen molar-refractivity contribution < 1.29 is 4.79 Å². The minimum atomic E-state index is -0.150. The molecule has 1 aliphatic rings. The summed E-state index contributed by atoms with van der Waals surface area (Å²) < 4.78 is 0. The molecule has 4 rings (SSSR count). The van der Waals surface area contributed by atoms with Gasteiger partial charge in [0.1, 0.15) is 0 Å². The standard InChI is InChI=1S/C19H14N4OS/c1-12-4-2-6-17(21-12)22-19-23-18(24)16(25-19)11-13-7-8-15-14(10-13)5-3-9-20-15/h2-11H,1H3,(H,21,22,23,24)/b16-11-. The molecule has 1 aliphatic heterocycles. The van der Waals surface area contributed by atoms with Crippen LogP contribution in [0.5, 0.6) is 0 Å². The number of nitrogens with zero attached hydrogens (tertiary/aromatic N) is 3. The van der Waals surface area contributed by atoms with Crippen LogP contribution in [0.15, 0.2) is 64.6 Å². The van der Waals surface area contributed by atoms with Crippen LogP contribution in [-0.4, -0.2) is 21.0 Å². The highest BCUT2D eigenvalue weighted by molar-refractivity contribution is 8.18. The van der Waals surface area contributed by atoms with E-state index in [1.165, 1.54) is 11.8 Å². The molecule has 1 saturated heterocycles. The molecule has 1 N–H and O–H groups in total. The van der Waals surface area contributed by atoms with Crippen molar-refractivity contribution in [3.8, 4) is 0 Å². The van der Waals surface area contributed by atoms with Gasteiger partial charge in [0.05, 0.1) is 10.4 Å². The van der Waals surface area contributed by atoms with Crippen molar-refractivity contribution >= 4 is 45.6 Å². The molecule has 1 fully saturated rings. The number of amides is 1. The second kappa shape index (κ2) is 6.49. The van der Waals surface area contributed by atoms with Gasteiger partial charge < -0.3 is 5.32 Å². The predicted octanol–water partition coefficient (Wildman–Crippen LogP) is 3.83. The second-order valence-electron chi connectivity index (χ2n) is 5.57. The number of benzene rings is 1.